The molecule has 1 aromatic carbocycles. The standard InChI is InChI=1S/C17H25N3O3/c1-13-3-2-7-20(12-13)8-6-18-17(21)19-14-4-5-15-16(11-14)23-10-9-22-15/h4-5,11,13H,2-3,6-10,12H2,1H3,(H2,18,19,21). The Morgan fingerprint density at radius 2 is 2.13 bits per heavy atom. The Balaban J connectivity index is 1.42. The molecule has 0 aromatic heterocycles. The maximum atomic E-state index is 12.0. The van der Waals surface area contributed by atoms with E-state index in [9.17, 15) is 4.79 Å². The van der Waals surface area contributed by atoms with E-state index in [1.165, 1.54) is 12.8 Å². The molecule has 0 radical (unpaired) electrons. The predicted octanol–water partition coefficient (Wildman–Crippen LogP) is 2.31. The molecule has 0 spiro atoms. The van der Waals surface area contributed by atoms with Gasteiger partial charge in [-0.2, -0.15) is 0 Å². The van der Waals surface area contributed by atoms with Crippen molar-refractivity contribution in [2.45, 2.75) is 19.8 Å². The van der Waals surface area contributed by atoms with Gasteiger partial charge in [-0.3, -0.25) is 0 Å². The Labute approximate surface area is 137 Å². The van der Waals surface area contributed by atoms with Gasteiger partial charge in [0.1, 0.15) is 13.2 Å². The van der Waals surface area contributed by atoms with Gasteiger partial charge < -0.3 is 25.0 Å². The molecule has 2 heterocycles. The van der Waals surface area contributed by atoms with Crippen molar-refractivity contribution in [3.05, 3.63) is 18.2 Å². The number of nitrogens with one attached hydrogen (secondary N) is 2. The zero-order valence-corrected chi connectivity index (χ0v) is 13.6. The summed E-state index contributed by atoms with van der Waals surface area (Å²) in [6.07, 6.45) is 2.57. The molecule has 6 nitrogen and oxygen atoms in total. The first-order valence-corrected chi connectivity index (χ1v) is 8.37. The monoisotopic (exact) mass is 319 g/mol. The van der Waals surface area contributed by atoms with Crippen molar-refractivity contribution in [2.24, 2.45) is 5.92 Å². The zero-order valence-electron chi connectivity index (χ0n) is 13.6. The molecule has 2 amide bonds. The summed E-state index contributed by atoms with van der Waals surface area (Å²) in [5.41, 5.74) is 0.707. The summed E-state index contributed by atoms with van der Waals surface area (Å²) >= 11 is 0. The van der Waals surface area contributed by atoms with E-state index in [0.29, 0.717) is 31.2 Å². The highest BCUT2D eigenvalue weighted by Gasteiger charge is 2.16. The molecule has 0 aliphatic carbocycles. The number of urea groups is 1. The Bertz CT molecular complexity index is 550. The lowest BCUT2D eigenvalue weighted by Crippen LogP contribution is -2.41. The normalized spacial score (nSPS) is 20.8. The van der Waals surface area contributed by atoms with Gasteiger partial charge in [-0.1, -0.05) is 6.92 Å². The van der Waals surface area contributed by atoms with Crippen LogP contribution in [0.5, 0.6) is 11.5 Å². The van der Waals surface area contributed by atoms with Crippen LogP contribution >= 0.6 is 0 Å². The van der Waals surface area contributed by atoms with Gasteiger partial charge in [0.25, 0.3) is 0 Å². The summed E-state index contributed by atoms with van der Waals surface area (Å²) in [4.78, 5) is 14.4. The van der Waals surface area contributed by atoms with Crippen molar-refractivity contribution in [1.29, 1.82) is 0 Å². The summed E-state index contributed by atoms with van der Waals surface area (Å²) < 4.78 is 11.0. The highest BCUT2D eigenvalue weighted by molar-refractivity contribution is 5.89. The third-order valence-electron chi connectivity index (χ3n) is 4.25. The quantitative estimate of drug-likeness (QED) is 0.894. The first kappa shape index (κ1) is 15.9. The maximum absolute atomic E-state index is 12.0. The van der Waals surface area contributed by atoms with Gasteiger partial charge >= 0.3 is 6.03 Å². The molecule has 126 valence electrons. The fourth-order valence-corrected chi connectivity index (χ4v) is 3.11. The molecule has 23 heavy (non-hydrogen) atoms. The molecule has 1 unspecified atom stereocenters. The Morgan fingerprint density at radius 3 is 2.96 bits per heavy atom. The number of piperidine rings is 1. The zero-order chi connectivity index (χ0) is 16.1. The number of anilines is 1. The second kappa shape index (κ2) is 7.55. The molecule has 1 aromatic rings. The number of likely N-dealkylation sites (tertiary alicyclic amines) is 1. The number of hydrogen-bond donors (Lipinski definition) is 2. The van der Waals surface area contributed by atoms with E-state index >= 15 is 0 Å². The highest BCUT2D eigenvalue weighted by atomic mass is 16.6. The second-order valence-corrected chi connectivity index (χ2v) is 6.29. The van der Waals surface area contributed by atoms with E-state index in [0.717, 1.165) is 31.3 Å². The van der Waals surface area contributed by atoms with Gasteiger partial charge in [0, 0.05) is 31.4 Å². The number of fused-ring (bicyclic) bond motifs is 1. The fourth-order valence-electron chi connectivity index (χ4n) is 3.11. The minimum Gasteiger partial charge on any atom is -0.486 e. The fraction of sp³-hybridized carbons (Fsp3) is 0.588. The van der Waals surface area contributed by atoms with Gasteiger partial charge in [-0.25, -0.2) is 4.79 Å². The number of ether oxygens (including phenoxy) is 2. The van der Waals surface area contributed by atoms with Gasteiger partial charge in [-0.15, -0.1) is 0 Å². The van der Waals surface area contributed by atoms with Gasteiger partial charge in [0.2, 0.25) is 0 Å². The minimum absolute atomic E-state index is 0.188. The molecule has 0 saturated carbocycles. The van der Waals surface area contributed by atoms with Crippen LogP contribution in [-0.2, 0) is 0 Å². The molecular formula is C17H25N3O3. The van der Waals surface area contributed by atoms with Crippen molar-refractivity contribution >= 4 is 11.7 Å². The summed E-state index contributed by atoms with van der Waals surface area (Å²) in [6.45, 7) is 7.21. The van der Waals surface area contributed by atoms with E-state index in [4.69, 9.17) is 9.47 Å². The SMILES string of the molecule is CC1CCCN(CCNC(=O)Nc2ccc3c(c2)OCCO3)C1. The molecular weight excluding hydrogens is 294 g/mol. The number of amides is 2. The van der Waals surface area contributed by atoms with Crippen LogP contribution in [0.25, 0.3) is 0 Å². The van der Waals surface area contributed by atoms with Crippen molar-refractivity contribution in [3.8, 4) is 11.5 Å². The number of carbonyl (C=O) groups is 1. The molecule has 6 heteroatoms. The highest BCUT2D eigenvalue weighted by Crippen LogP contribution is 2.32. The number of hydrogen-bond acceptors (Lipinski definition) is 4. The van der Waals surface area contributed by atoms with Crippen LogP contribution in [0.1, 0.15) is 19.8 Å². The van der Waals surface area contributed by atoms with Crippen LogP contribution in [0, 0.1) is 5.92 Å². The average molecular weight is 319 g/mol. The minimum atomic E-state index is -0.188. The van der Waals surface area contributed by atoms with Crippen molar-refractivity contribution in [2.75, 3.05) is 44.7 Å². The van der Waals surface area contributed by atoms with E-state index in [-0.39, 0.29) is 6.03 Å². The summed E-state index contributed by atoms with van der Waals surface area (Å²) in [5.74, 6) is 2.16. The molecule has 2 N–H and O–H groups in total. The third kappa shape index (κ3) is 4.51. The molecule has 0 bridgehead atoms. The Hall–Kier alpha value is -1.95. The molecule has 2 aliphatic heterocycles. The largest absolute Gasteiger partial charge is 0.486 e. The third-order valence-corrected chi connectivity index (χ3v) is 4.25. The lowest BCUT2D eigenvalue weighted by Gasteiger charge is -2.30. The number of rotatable bonds is 4. The van der Waals surface area contributed by atoms with Crippen molar-refractivity contribution in [3.63, 3.8) is 0 Å². The molecule has 2 aliphatic rings. The second-order valence-electron chi connectivity index (χ2n) is 6.29. The van der Waals surface area contributed by atoms with E-state index in [1.807, 2.05) is 12.1 Å². The Morgan fingerprint density at radius 1 is 1.30 bits per heavy atom. The first-order chi connectivity index (χ1) is 11.2. The van der Waals surface area contributed by atoms with Crippen molar-refractivity contribution in [1.82, 2.24) is 10.2 Å². The van der Waals surface area contributed by atoms with Gasteiger partial charge in [0.05, 0.1) is 0 Å². The number of carbonyl (C=O) groups excluding carboxylic acids is 1. The Kier molecular flexibility index (Phi) is 5.23. The van der Waals surface area contributed by atoms with Crippen LogP contribution in [0.4, 0.5) is 10.5 Å². The lowest BCUT2D eigenvalue weighted by atomic mass is 10.0. The van der Waals surface area contributed by atoms with Crippen LogP contribution in [0.2, 0.25) is 0 Å². The average Bonchev–Trinajstić information content (AvgIpc) is 2.55. The van der Waals surface area contributed by atoms with Crippen LogP contribution in [0.3, 0.4) is 0 Å². The van der Waals surface area contributed by atoms with Crippen LogP contribution in [0.15, 0.2) is 18.2 Å². The smallest absolute Gasteiger partial charge is 0.319 e. The maximum Gasteiger partial charge on any atom is 0.319 e. The van der Waals surface area contributed by atoms with Crippen LogP contribution < -0.4 is 20.1 Å². The van der Waals surface area contributed by atoms with Gasteiger partial charge in [-0.05, 0) is 37.4 Å². The molecule has 1 fully saturated rings. The van der Waals surface area contributed by atoms with Gasteiger partial charge in [0.15, 0.2) is 11.5 Å². The van der Waals surface area contributed by atoms with Crippen LogP contribution in [-0.4, -0.2) is 50.3 Å². The topological polar surface area (TPSA) is 62.8 Å². The molecule has 1 atom stereocenters. The van der Waals surface area contributed by atoms with E-state index in [2.05, 4.69) is 22.5 Å². The lowest BCUT2D eigenvalue weighted by molar-refractivity contribution is 0.171. The summed E-state index contributed by atoms with van der Waals surface area (Å²) in [5, 5.41) is 5.74. The predicted molar refractivity (Wildman–Crippen MR) is 89.3 cm³/mol. The van der Waals surface area contributed by atoms with E-state index in [1.54, 1.807) is 6.07 Å². The summed E-state index contributed by atoms with van der Waals surface area (Å²) in [6, 6.07) is 5.24. The molecule has 1 saturated heterocycles. The number of nitrogens with zero attached hydrogens (tertiary/aromatic N) is 1. The van der Waals surface area contributed by atoms with E-state index < -0.39 is 0 Å². The first-order valence-electron chi connectivity index (χ1n) is 8.37. The number of benzene rings is 1. The molecule has 3 rings (SSSR count). The van der Waals surface area contributed by atoms with Crippen molar-refractivity contribution < 1.29 is 14.3 Å². The summed E-state index contributed by atoms with van der Waals surface area (Å²) in [7, 11) is 0.